The molecule has 0 bridgehead atoms. The maximum absolute atomic E-state index is 6.00. The number of rotatable bonds is 3. The first kappa shape index (κ1) is 12.8. The van der Waals surface area contributed by atoms with Crippen molar-refractivity contribution in [2.75, 3.05) is 0 Å². The Hall–Kier alpha value is -2.21. The van der Waals surface area contributed by atoms with E-state index in [1.807, 2.05) is 32.0 Å². The summed E-state index contributed by atoms with van der Waals surface area (Å²) in [5.74, 6) is 0.854. The molecule has 20 heavy (non-hydrogen) atoms. The molecule has 3 rings (SSSR count). The number of pyridine rings is 1. The van der Waals surface area contributed by atoms with Gasteiger partial charge in [0.15, 0.2) is 0 Å². The molecule has 0 aromatic carbocycles. The third kappa shape index (κ3) is 2.30. The molecule has 6 nitrogen and oxygen atoms in total. The molecule has 1 atom stereocenters. The van der Waals surface area contributed by atoms with Crippen molar-refractivity contribution in [3.05, 3.63) is 47.2 Å². The van der Waals surface area contributed by atoms with E-state index in [0.29, 0.717) is 22.5 Å². The highest BCUT2D eigenvalue weighted by atomic mass is 35.5. The van der Waals surface area contributed by atoms with Gasteiger partial charge in [0.25, 0.3) is 5.89 Å². The number of halogens is 1. The SMILES string of the molecule is Cc1nn(C(C)c2nnc(-c3ccccn3)o2)cc1Cl. The molecule has 3 aromatic rings. The van der Waals surface area contributed by atoms with Crippen LogP contribution in [0.15, 0.2) is 35.0 Å². The van der Waals surface area contributed by atoms with Crippen molar-refractivity contribution in [1.29, 1.82) is 0 Å². The van der Waals surface area contributed by atoms with Crippen molar-refractivity contribution in [2.45, 2.75) is 19.9 Å². The highest BCUT2D eigenvalue weighted by Crippen LogP contribution is 2.23. The molecule has 102 valence electrons. The Morgan fingerprint density at radius 3 is 2.80 bits per heavy atom. The van der Waals surface area contributed by atoms with Crippen LogP contribution in [-0.2, 0) is 0 Å². The Bertz CT molecular complexity index is 702. The van der Waals surface area contributed by atoms with Gasteiger partial charge in [0, 0.05) is 12.4 Å². The van der Waals surface area contributed by atoms with Crippen LogP contribution in [0.2, 0.25) is 5.02 Å². The van der Waals surface area contributed by atoms with Crippen LogP contribution < -0.4 is 0 Å². The van der Waals surface area contributed by atoms with E-state index in [2.05, 4.69) is 20.3 Å². The van der Waals surface area contributed by atoms with Crippen molar-refractivity contribution < 1.29 is 4.42 Å². The highest BCUT2D eigenvalue weighted by Gasteiger charge is 2.18. The largest absolute Gasteiger partial charge is 0.417 e. The molecule has 0 amide bonds. The summed E-state index contributed by atoms with van der Waals surface area (Å²) in [5, 5.41) is 13.0. The van der Waals surface area contributed by atoms with Gasteiger partial charge in [0.1, 0.15) is 11.7 Å². The van der Waals surface area contributed by atoms with E-state index in [4.69, 9.17) is 16.0 Å². The Balaban J connectivity index is 1.90. The molecule has 0 aliphatic rings. The van der Waals surface area contributed by atoms with Crippen molar-refractivity contribution in [2.24, 2.45) is 0 Å². The van der Waals surface area contributed by atoms with E-state index in [-0.39, 0.29) is 6.04 Å². The Labute approximate surface area is 120 Å². The predicted octanol–water partition coefficient (Wildman–Crippen LogP) is 2.90. The summed E-state index contributed by atoms with van der Waals surface area (Å²) in [6.45, 7) is 3.76. The second kappa shape index (κ2) is 5.05. The molecule has 0 aliphatic heterocycles. The molecule has 0 radical (unpaired) electrons. The summed E-state index contributed by atoms with van der Waals surface area (Å²) in [6, 6.07) is 5.33. The molecule has 0 aliphatic carbocycles. The first-order chi connectivity index (χ1) is 9.65. The normalized spacial score (nSPS) is 12.6. The summed E-state index contributed by atoms with van der Waals surface area (Å²) in [5.41, 5.74) is 1.41. The summed E-state index contributed by atoms with van der Waals surface area (Å²) < 4.78 is 7.35. The van der Waals surface area contributed by atoms with Gasteiger partial charge in [-0.25, -0.2) is 0 Å². The van der Waals surface area contributed by atoms with Gasteiger partial charge >= 0.3 is 0 Å². The van der Waals surface area contributed by atoms with Crippen molar-refractivity contribution in [3.63, 3.8) is 0 Å². The van der Waals surface area contributed by atoms with Gasteiger partial charge in [0.2, 0.25) is 5.89 Å². The number of nitrogens with zero attached hydrogens (tertiary/aromatic N) is 5. The van der Waals surface area contributed by atoms with E-state index < -0.39 is 0 Å². The minimum Gasteiger partial charge on any atom is -0.417 e. The Kier molecular flexibility index (Phi) is 3.23. The fourth-order valence-corrected chi connectivity index (χ4v) is 1.90. The van der Waals surface area contributed by atoms with Gasteiger partial charge in [0.05, 0.1) is 10.7 Å². The zero-order valence-corrected chi connectivity index (χ0v) is 11.7. The van der Waals surface area contributed by atoms with Crippen LogP contribution in [0.1, 0.15) is 24.6 Å². The lowest BCUT2D eigenvalue weighted by atomic mass is 10.3. The van der Waals surface area contributed by atoms with Crippen LogP contribution in [-0.4, -0.2) is 25.0 Å². The molecule has 0 saturated heterocycles. The van der Waals surface area contributed by atoms with E-state index in [9.17, 15) is 0 Å². The number of hydrogen-bond donors (Lipinski definition) is 0. The molecule has 0 fully saturated rings. The number of aromatic nitrogens is 5. The second-order valence-electron chi connectivity index (χ2n) is 4.38. The number of hydrogen-bond acceptors (Lipinski definition) is 5. The molecular formula is C13H12ClN5O. The average Bonchev–Trinajstić information content (AvgIpc) is 3.07. The van der Waals surface area contributed by atoms with E-state index in [1.54, 1.807) is 17.1 Å². The van der Waals surface area contributed by atoms with E-state index in [1.165, 1.54) is 0 Å². The fourth-order valence-electron chi connectivity index (χ4n) is 1.77. The van der Waals surface area contributed by atoms with Gasteiger partial charge < -0.3 is 4.42 Å². The first-order valence-electron chi connectivity index (χ1n) is 6.11. The maximum atomic E-state index is 6.00. The quantitative estimate of drug-likeness (QED) is 0.741. The topological polar surface area (TPSA) is 69.6 Å². The molecule has 0 saturated carbocycles. The lowest BCUT2D eigenvalue weighted by Gasteiger charge is -2.06. The lowest BCUT2D eigenvalue weighted by molar-refractivity contribution is 0.415. The minimum atomic E-state index is -0.189. The lowest BCUT2D eigenvalue weighted by Crippen LogP contribution is -2.07. The molecule has 0 spiro atoms. The second-order valence-corrected chi connectivity index (χ2v) is 4.79. The van der Waals surface area contributed by atoms with Crippen LogP contribution >= 0.6 is 11.6 Å². The number of aryl methyl sites for hydroxylation is 1. The molecule has 3 aromatic heterocycles. The van der Waals surface area contributed by atoms with Gasteiger partial charge in [-0.15, -0.1) is 10.2 Å². The van der Waals surface area contributed by atoms with Gasteiger partial charge in [-0.1, -0.05) is 17.7 Å². The fraction of sp³-hybridized carbons (Fsp3) is 0.231. The monoisotopic (exact) mass is 289 g/mol. The van der Waals surface area contributed by atoms with E-state index >= 15 is 0 Å². The van der Waals surface area contributed by atoms with Gasteiger partial charge in [-0.2, -0.15) is 5.10 Å². The summed E-state index contributed by atoms with van der Waals surface area (Å²) >= 11 is 6.00. The van der Waals surface area contributed by atoms with Gasteiger partial charge in [-0.05, 0) is 26.0 Å². The third-order valence-corrected chi connectivity index (χ3v) is 3.31. The summed E-state index contributed by atoms with van der Waals surface area (Å²) in [7, 11) is 0. The summed E-state index contributed by atoms with van der Waals surface area (Å²) in [4.78, 5) is 4.17. The zero-order chi connectivity index (χ0) is 14.1. The van der Waals surface area contributed by atoms with Crippen molar-refractivity contribution >= 4 is 11.6 Å². The summed E-state index contributed by atoms with van der Waals surface area (Å²) in [6.07, 6.45) is 3.42. The minimum absolute atomic E-state index is 0.189. The van der Waals surface area contributed by atoms with Crippen molar-refractivity contribution in [1.82, 2.24) is 25.0 Å². The average molecular weight is 290 g/mol. The van der Waals surface area contributed by atoms with Gasteiger partial charge in [-0.3, -0.25) is 9.67 Å². The van der Waals surface area contributed by atoms with Crippen LogP contribution in [0.5, 0.6) is 0 Å². The molecule has 1 unspecified atom stereocenters. The third-order valence-electron chi connectivity index (χ3n) is 2.94. The Morgan fingerprint density at radius 2 is 2.15 bits per heavy atom. The zero-order valence-electron chi connectivity index (χ0n) is 11.0. The van der Waals surface area contributed by atoms with Crippen LogP contribution in [0, 0.1) is 6.92 Å². The molecular weight excluding hydrogens is 278 g/mol. The van der Waals surface area contributed by atoms with E-state index in [0.717, 1.165) is 5.69 Å². The highest BCUT2D eigenvalue weighted by molar-refractivity contribution is 6.31. The molecule has 7 heteroatoms. The van der Waals surface area contributed by atoms with Crippen molar-refractivity contribution in [3.8, 4) is 11.6 Å². The van der Waals surface area contributed by atoms with Crippen LogP contribution in [0.3, 0.4) is 0 Å². The molecule has 3 heterocycles. The first-order valence-corrected chi connectivity index (χ1v) is 6.49. The molecule has 0 N–H and O–H groups in total. The smallest absolute Gasteiger partial charge is 0.266 e. The Morgan fingerprint density at radius 1 is 1.30 bits per heavy atom. The standard InChI is InChI=1S/C13H12ClN5O/c1-8-10(14)7-19(18-8)9(2)12-16-17-13(20-12)11-5-3-4-6-15-11/h3-7,9H,1-2H3. The predicted molar refractivity (Wildman–Crippen MR) is 73.3 cm³/mol. The van der Waals surface area contributed by atoms with Crippen LogP contribution in [0.4, 0.5) is 0 Å². The maximum Gasteiger partial charge on any atom is 0.266 e. The van der Waals surface area contributed by atoms with Crippen LogP contribution in [0.25, 0.3) is 11.6 Å².